The summed E-state index contributed by atoms with van der Waals surface area (Å²) in [6.45, 7) is 6.25. The van der Waals surface area contributed by atoms with Crippen molar-refractivity contribution >= 4 is 0 Å². The highest BCUT2D eigenvalue weighted by Crippen LogP contribution is 2.35. The van der Waals surface area contributed by atoms with Crippen molar-refractivity contribution in [3.8, 4) is 17.2 Å². The van der Waals surface area contributed by atoms with Crippen LogP contribution in [0.25, 0.3) is 0 Å². The van der Waals surface area contributed by atoms with E-state index in [0.717, 1.165) is 23.5 Å². The van der Waals surface area contributed by atoms with Crippen LogP contribution < -0.4 is 14.2 Å². The molecule has 88 valence electrons. The van der Waals surface area contributed by atoms with Crippen molar-refractivity contribution < 1.29 is 14.2 Å². The van der Waals surface area contributed by atoms with Crippen LogP contribution >= 0.6 is 0 Å². The number of rotatable bonds is 6. The van der Waals surface area contributed by atoms with Crippen LogP contribution in [0.15, 0.2) is 24.8 Å². The lowest BCUT2D eigenvalue weighted by atomic mass is 10.1. The molecule has 0 aliphatic rings. The lowest BCUT2D eigenvalue weighted by molar-refractivity contribution is 0.307. The zero-order valence-corrected chi connectivity index (χ0v) is 10.1. The number of methoxy groups -OCH3 is 2. The van der Waals surface area contributed by atoms with Gasteiger partial charge in [0.1, 0.15) is 5.75 Å². The number of allylic oxidation sites excluding steroid dienone is 1. The van der Waals surface area contributed by atoms with Gasteiger partial charge < -0.3 is 14.2 Å². The molecular formula is C13H18O3. The fourth-order valence-corrected chi connectivity index (χ4v) is 1.52. The van der Waals surface area contributed by atoms with Crippen LogP contribution in [0.5, 0.6) is 17.2 Å². The van der Waals surface area contributed by atoms with Crippen LogP contribution in [0.4, 0.5) is 0 Å². The molecule has 0 saturated heterocycles. The van der Waals surface area contributed by atoms with Gasteiger partial charge >= 0.3 is 0 Å². The van der Waals surface area contributed by atoms with Crippen LogP contribution in [0.3, 0.4) is 0 Å². The van der Waals surface area contributed by atoms with Crippen molar-refractivity contribution in [2.75, 3.05) is 20.8 Å². The largest absolute Gasteiger partial charge is 0.496 e. The monoisotopic (exact) mass is 222 g/mol. The van der Waals surface area contributed by atoms with Gasteiger partial charge in [0.2, 0.25) is 0 Å². The highest BCUT2D eigenvalue weighted by atomic mass is 16.5. The summed E-state index contributed by atoms with van der Waals surface area (Å²) in [5.41, 5.74) is 1.04. The second-order valence-corrected chi connectivity index (χ2v) is 3.24. The average molecular weight is 222 g/mol. The fourth-order valence-electron chi connectivity index (χ4n) is 1.52. The molecule has 0 heterocycles. The van der Waals surface area contributed by atoms with Gasteiger partial charge in [0.15, 0.2) is 11.5 Å². The van der Waals surface area contributed by atoms with Crippen molar-refractivity contribution in [1.29, 1.82) is 0 Å². The Morgan fingerprint density at radius 1 is 1.12 bits per heavy atom. The minimum atomic E-state index is 0.598. The van der Waals surface area contributed by atoms with E-state index in [1.165, 1.54) is 0 Å². The van der Waals surface area contributed by atoms with Gasteiger partial charge in [0, 0.05) is 11.6 Å². The molecule has 16 heavy (non-hydrogen) atoms. The molecule has 0 N–H and O–H groups in total. The summed E-state index contributed by atoms with van der Waals surface area (Å²) in [5.74, 6) is 2.22. The van der Waals surface area contributed by atoms with E-state index in [2.05, 4.69) is 6.58 Å². The maximum absolute atomic E-state index is 5.47. The third-order valence-corrected chi connectivity index (χ3v) is 2.23. The smallest absolute Gasteiger partial charge is 0.164 e. The molecule has 1 aromatic carbocycles. The van der Waals surface area contributed by atoms with Crippen molar-refractivity contribution in [2.24, 2.45) is 0 Å². The van der Waals surface area contributed by atoms with Crippen LogP contribution in [0.2, 0.25) is 0 Å². The summed E-state index contributed by atoms with van der Waals surface area (Å²) in [7, 11) is 3.27. The third-order valence-electron chi connectivity index (χ3n) is 2.23. The SMILES string of the molecule is C=CCc1cc(OC)c(OCC)cc1OC. The molecule has 3 nitrogen and oxygen atoms in total. The van der Waals surface area contributed by atoms with E-state index in [4.69, 9.17) is 14.2 Å². The quantitative estimate of drug-likeness (QED) is 0.693. The van der Waals surface area contributed by atoms with Crippen molar-refractivity contribution in [2.45, 2.75) is 13.3 Å². The predicted octanol–water partition coefficient (Wildman–Crippen LogP) is 2.83. The molecule has 0 aromatic heterocycles. The molecule has 3 heteroatoms. The summed E-state index contributed by atoms with van der Waals surface area (Å²) < 4.78 is 16.0. The molecule has 0 aliphatic carbocycles. The van der Waals surface area contributed by atoms with Gasteiger partial charge in [-0.1, -0.05) is 6.08 Å². The molecule has 0 radical (unpaired) electrons. The van der Waals surface area contributed by atoms with Gasteiger partial charge in [-0.05, 0) is 19.4 Å². The lowest BCUT2D eigenvalue weighted by Gasteiger charge is -2.14. The second kappa shape index (κ2) is 6.05. The summed E-state index contributed by atoms with van der Waals surface area (Å²) in [6, 6.07) is 3.77. The number of hydrogen-bond acceptors (Lipinski definition) is 3. The zero-order valence-electron chi connectivity index (χ0n) is 10.1. The van der Waals surface area contributed by atoms with Crippen LogP contribution in [-0.2, 0) is 6.42 Å². The maximum atomic E-state index is 5.47. The second-order valence-electron chi connectivity index (χ2n) is 3.24. The van der Waals surface area contributed by atoms with Gasteiger partial charge in [-0.25, -0.2) is 0 Å². The minimum Gasteiger partial charge on any atom is -0.496 e. The molecule has 0 amide bonds. The minimum absolute atomic E-state index is 0.598. The Bertz CT molecular complexity index is 358. The van der Waals surface area contributed by atoms with E-state index < -0.39 is 0 Å². The summed E-state index contributed by atoms with van der Waals surface area (Å²) in [5, 5.41) is 0. The van der Waals surface area contributed by atoms with Crippen LogP contribution in [0, 0.1) is 0 Å². The third kappa shape index (κ3) is 2.69. The van der Waals surface area contributed by atoms with E-state index in [1.54, 1.807) is 14.2 Å². The van der Waals surface area contributed by atoms with Crippen LogP contribution in [-0.4, -0.2) is 20.8 Å². The van der Waals surface area contributed by atoms with Gasteiger partial charge in [-0.2, -0.15) is 0 Å². The molecule has 0 atom stereocenters. The summed E-state index contributed by atoms with van der Waals surface area (Å²) in [6.07, 6.45) is 2.57. The Morgan fingerprint density at radius 2 is 1.81 bits per heavy atom. The Labute approximate surface area is 96.6 Å². The number of benzene rings is 1. The molecular weight excluding hydrogens is 204 g/mol. The van der Waals surface area contributed by atoms with E-state index >= 15 is 0 Å². The van der Waals surface area contributed by atoms with Gasteiger partial charge in [0.05, 0.1) is 20.8 Å². The first-order valence-electron chi connectivity index (χ1n) is 5.25. The maximum Gasteiger partial charge on any atom is 0.164 e. The Morgan fingerprint density at radius 3 is 2.31 bits per heavy atom. The number of hydrogen-bond donors (Lipinski definition) is 0. The van der Waals surface area contributed by atoms with Crippen molar-refractivity contribution in [3.63, 3.8) is 0 Å². The lowest BCUT2D eigenvalue weighted by Crippen LogP contribution is -1.99. The van der Waals surface area contributed by atoms with Crippen LogP contribution in [0.1, 0.15) is 12.5 Å². The fraction of sp³-hybridized carbons (Fsp3) is 0.385. The molecule has 0 saturated carbocycles. The zero-order chi connectivity index (χ0) is 12.0. The standard InChI is InChI=1S/C13H18O3/c1-5-7-10-8-12(15-4)13(16-6-2)9-11(10)14-3/h5,8-9H,1,6-7H2,2-4H3. The molecule has 0 unspecified atom stereocenters. The summed E-state index contributed by atoms with van der Waals surface area (Å²) >= 11 is 0. The highest BCUT2D eigenvalue weighted by molar-refractivity contribution is 5.51. The van der Waals surface area contributed by atoms with E-state index in [9.17, 15) is 0 Å². The average Bonchev–Trinajstić information content (AvgIpc) is 2.31. The Hall–Kier alpha value is -1.64. The Kier molecular flexibility index (Phi) is 4.70. The molecule has 0 bridgehead atoms. The first kappa shape index (κ1) is 12.4. The molecule has 0 spiro atoms. The number of ether oxygens (including phenoxy) is 3. The van der Waals surface area contributed by atoms with Crippen molar-refractivity contribution in [1.82, 2.24) is 0 Å². The molecule has 0 aliphatic heterocycles. The van der Waals surface area contributed by atoms with Gasteiger partial charge in [-0.15, -0.1) is 6.58 Å². The van der Waals surface area contributed by atoms with E-state index in [1.807, 2.05) is 25.1 Å². The highest BCUT2D eigenvalue weighted by Gasteiger charge is 2.10. The van der Waals surface area contributed by atoms with Gasteiger partial charge in [-0.3, -0.25) is 0 Å². The van der Waals surface area contributed by atoms with E-state index in [0.29, 0.717) is 12.4 Å². The topological polar surface area (TPSA) is 27.7 Å². The first-order valence-corrected chi connectivity index (χ1v) is 5.25. The normalized spacial score (nSPS) is 9.69. The Balaban J connectivity index is 3.16. The van der Waals surface area contributed by atoms with Crippen molar-refractivity contribution in [3.05, 3.63) is 30.4 Å². The van der Waals surface area contributed by atoms with E-state index in [-0.39, 0.29) is 0 Å². The molecule has 1 rings (SSSR count). The summed E-state index contributed by atoms with van der Waals surface area (Å²) in [4.78, 5) is 0. The molecule has 1 aromatic rings. The van der Waals surface area contributed by atoms with Gasteiger partial charge in [0.25, 0.3) is 0 Å². The predicted molar refractivity (Wildman–Crippen MR) is 64.6 cm³/mol. The molecule has 0 fully saturated rings. The first-order chi connectivity index (χ1) is 7.76.